The van der Waals surface area contributed by atoms with Crippen LogP contribution in [0.3, 0.4) is 0 Å². The van der Waals surface area contributed by atoms with Gasteiger partial charge in [-0.15, -0.1) is 0 Å². The van der Waals surface area contributed by atoms with E-state index in [0.717, 1.165) is 6.54 Å². The number of piperidine rings is 1. The molecule has 3 nitrogen and oxygen atoms in total. The second-order valence-corrected chi connectivity index (χ2v) is 6.65. The van der Waals surface area contributed by atoms with E-state index in [4.69, 9.17) is 4.74 Å². The summed E-state index contributed by atoms with van der Waals surface area (Å²) in [5, 5.41) is 0. The van der Waals surface area contributed by atoms with Gasteiger partial charge in [-0.3, -0.25) is 4.79 Å². The predicted molar refractivity (Wildman–Crippen MR) is 85.7 cm³/mol. The highest BCUT2D eigenvalue weighted by atomic mass is 16.5. The summed E-state index contributed by atoms with van der Waals surface area (Å²) in [5.74, 6) is 0.981. The molecule has 0 saturated carbocycles. The lowest BCUT2D eigenvalue weighted by molar-refractivity contribution is -0.137. The Labute approximate surface area is 128 Å². The maximum absolute atomic E-state index is 11.8. The molecule has 2 atom stereocenters. The van der Waals surface area contributed by atoms with Crippen molar-refractivity contribution in [2.45, 2.75) is 52.5 Å². The molecule has 0 bridgehead atoms. The van der Waals surface area contributed by atoms with E-state index >= 15 is 0 Å². The van der Waals surface area contributed by atoms with Crippen molar-refractivity contribution in [2.24, 2.45) is 5.92 Å². The zero-order valence-electron chi connectivity index (χ0n) is 13.8. The molecule has 0 aliphatic carbocycles. The summed E-state index contributed by atoms with van der Waals surface area (Å²) in [6.45, 7) is 9.27. The summed E-state index contributed by atoms with van der Waals surface area (Å²) >= 11 is 0. The van der Waals surface area contributed by atoms with Crippen LogP contribution in [0, 0.1) is 12.8 Å². The van der Waals surface area contributed by atoms with Crippen LogP contribution >= 0.6 is 0 Å². The minimum absolute atomic E-state index is 0.0990. The van der Waals surface area contributed by atoms with Crippen LogP contribution in [0.5, 0.6) is 5.75 Å². The summed E-state index contributed by atoms with van der Waals surface area (Å²) in [6.07, 6.45) is 2.34. The van der Waals surface area contributed by atoms with Crippen molar-refractivity contribution in [3.63, 3.8) is 0 Å². The molecule has 0 radical (unpaired) electrons. The number of ether oxygens (including phenoxy) is 1. The molecule has 1 fully saturated rings. The molecule has 116 valence electrons. The Morgan fingerprint density at radius 1 is 1.38 bits per heavy atom. The van der Waals surface area contributed by atoms with Gasteiger partial charge in [-0.05, 0) is 69.5 Å². The standard InChI is InChI=1S/C18H27NO2/c1-12(2)18(20)21-16-7-6-13(3)17(11-16)15-8-9-19(5)14(4)10-15/h6-7,11-12,14-15H,8-10H2,1-5H3. The molecular weight excluding hydrogens is 262 g/mol. The molecule has 1 aromatic rings. The molecule has 1 heterocycles. The van der Waals surface area contributed by atoms with Gasteiger partial charge in [0.05, 0.1) is 5.92 Å². The summed E-state index contributed by atoms with van der Waals surface area (Å²) in [5.41, 5.74) is 2.63. The van der Waals surface area contributed by atoms with E-state index in [1.807, 2.05) is 19.9 Å². The van der Waals surface area contributed by atoms with Gasteiger partial charge in [-0.25, -0.2) is 0 Å². The number of rotatable bonds is 3. The third-order valence-electron chi connectivity index (χ3n) is 4.59. The summed E-state index contributed by atoms with van der Waals surface area (Å²) in [6, 6.07) is 6.64. The third kappa shape index (κ3) is 3.85. The number of aryl methyl sites for hydroxylation is 1. The summed E-state index contributed by atoms with van der Waals surface area (Å²) in [4.78, 5) is 14.2. The highest BCUT2D eigenvalue weighted by Gasteiger charge is 2.25. The molecule has 1 aliphatic heterocycles. The molecule has 0 spiro atoms. The fourth-order valence-electron chi connectivity index (χ4n) is 2.93. The van der Waals surface area contributed by atoms with Crippen LogP contribution < -0.4 is 4.74 Å². The van der Waals surface area contributed by atoms with Crippen LogP contribution in [-0.2, 0) is 4.79 Å². The number of carbonyl (C=O) groups is 1. The lowest BCUT2D eigenvalue weighted by Crippen LogP contribution is -2.37. The molecule has 1 saturated heterocycles. The Bertz CT molecular complexity index is 510. The Balaban J connectivity index is 2.17. The van der Waals surface area contributed by atoms with E-state index in [1.54, 1.807) is 0 Å². The molecular formula is C18H27NO2. The van der Waals surface area contributed by atoms with Crippen molar-refractivity contribution in [3.8, 4) is 5.75 Å². The first-order valence-electron chi connectivity index (χ1n) is 7.91. The highest BCUT2D eigenvalue weighted by Crippen LogP contribution is 2.34. The minimum Gasteiger partial charge on any atom is -0.426 e. The van der Waals surface area contributed by atoms with E-state index < -0.39 is 0 Å². The van der Waals surface area contributed by atoms with Gasteiger partial charge in [-0.1, -0.05) is 19.9 Å². The minimum atomic E-state index is -0.165. The molecule has 2 rings (SSSR count). The number of likely N-dealkylation sites (tertiary alicyclic amines) is 1. The van der Waals surface area contributed by atoms with Crippen LogP contribution in [0.1, 0.15) is 50.7 Å². The molecule has 21 heavy (non-hydrogen) atoms. The van der Waals surface area contributed by atoms with Gasteiger partial charge >= 0.3 is 5.97 Å². The second-order valence-electron chi connectivity index (χ2n) is 6.65. The van der Waals surface area contributed by atoms with Crippen molar-refractivity contribution in [2.75, 3.05) is 13.6 Å². The van der Waals surface area contributed by atoms with Crippen molar-refractivity contribution < 1.29 is 9.53 Å². The molecule has 2 unspecified atom stereocenters. The smallest absolute Gasteiger partial charge is 0.313 e. The maximum atomic E-state index is 11.8. The van der Waals surface area contributed by atoms with Crippen LogP contribution in [0.25, 0.3) is 0 Å². The maximum Gasteiger partial charge on any atom is 0.313 e. The Hall–Kier alpha value is -1.35. The molecule has 0 aromatic heterocycles. The highest BCUT2D eigenvalue weighted by molar-refractivity contribution is 5.74. The molecule has 0 amide bonds. The topological polar surface area (TPSA) is 29.5 Å². The van der Waals surface area contributed by atoms with Gasteiger partial charge in [0.25, 0.3) is 0 Å². The third-order valence-corrected chi connectivity index (χ3v) is 4.59. The number of carbonyl (C=O) groups excluding carboxylic acids is 1. The predicted octanol–water partition coefficient (Wildman–Crippen LogP) is 3.75. The van der Waals surface area contributed by atoms with E-state index in [1.165, 1.54) is 24.0 Å². The van der Waals surface area contributed by atoms with Gasteiger partial charge in [-0.2, -0.15) is 0 Å². The molecule has 3 heteroatoms. The van der Waals surface area contributed by atoms with E-state index in [9.17, 15) is 4.79 Å². The average molecular weight is 289 g/mol. The number of hydrogen-bond acceptors (Lipinski definition) is 3. The zero-order chi connectivity index (χ0) is 15.6. The Morgan fingerprint density at radius 2 is 2.10 bits per heavy atom. The second kappa shape index (κ2) is 6.61. The van der Waals surface area contributed by atoms with E-state index in [-0.39, 0.29) is 11.9 Å². The first-order valence-corrected chi connectivity index (χ1v) is 7.91. The molecule has 0 N–H and O–H groups in total. The normalized spacial score (nSPS) is 23.3. The van der Waals surface area contributed by atoms with Gasteiger partial charge in [0.15, 0.2) is 0 Å². The van der Waals surface area contributed by atoms with Crippen LogP contribution in [0.15, 0.2) is 18.2 Å². The summed E-state index contributed by atoms with van der Waals surface area (Å²) in [7, 11) is 2.19. The number of benzene rings is 1. The fraction of sp³-hybridized carbons (Fsp3) is 0.611. The lowest BCUT2D eigenvalue weighted by Gasteiger charge is -2.35. The average Bonchev–Trinajstić information content (AvgIpc) is 2.44. The van der Waals surface area contributed by atoms with Gasteiger partial charge in [0.2, 0.25) is 0 Å². The lowest BCUT2D eigenvalue weighted by atomic mass is 9.84. The largest absolute Gasteiger partial charge is 0.426 e. The van der Waals surface area contributed by atoms with Crippen molar-refractivity contribution >= 4 is 5.97 Å². The van der Waals surface area contributed by atoms with Crippen LogP contribution in [0.4, 0.5) is 0 Å². The number of nitrogens with zero attached hydrogens (tertiary/aromatic N) is 1. The molecule has 1 aliphatic rings. The first-order chi connectivity index (χ1) is 9.88. The SMILES string of the molecule is Cc1ccc(OC(=O)C(C)C)cc1C1CCN(C)C(C)C1. The monoisotopic (exact) mass is 289 g/mol. The number of esters is 1. The van der Waals surface area contributed by atoms with Gasteiger partial charge in [0.1, 0.15) is 5.75 Å². The zero-order valence-corrected chi connectivity index (χ0v) is 13.8. The van der Waals surface area contributed by atoms with E-state index in [0.29, 0.717) is 17.7 Å². The van der Waals surface area contributed by atoms with Gasteiger partial charge < -0.3 is 9.64 Å². The van der Waals surface area contributed by atoms with Crippen molar-refractivity contribution in [1.29, 1.82) is 0 Å². The Kier molecular flexibility index (Phi) is 5.04. The summed E-state index contributed by atoms with van der Waals surface area (Å²) < 4.78 is 5.46. The van der Waals surface area contributed by atoms with Crippen molar-refractivity contribution in [3.05, 3.63) is 29.3 Å². The van der Waals surface area contributed by atoms with Gasteiger partial charge in [0, 0.05) is 6.04 Å². The first kappa shape index (κ1) is 16.0. The fourth-order valence-corrected chi connectivity index (χ4v) is 2.93. The number of hydrogen-bond donors (Lipinski definition) is 0. The Morgan fingerprint density at radius 3 is 2.71 bits per heavy atom. The van der Waals surface area contributed by atoms with Crippen molar-refractivity contribution in [1.82, 2.24) is 4.90 Å². The molecule has 1 aromatic carbocycles. The quantitative estimate of drug-likeness (QED) is 0.627. The van der Waals surface area contributed by atoms with Crippen LogP contribution in [0.2, 0.25) is 0 Å². The van der Waals surface area contributed by atoms with Crippen LogP contribution in [-0.4, -0.2) is 30.5 Å². The van der Waals surface area contributed by atoms with E-state index in [2.05, 4.69) is 37.9 Å².